The zero-order chi connectivity index (χ0) is 16.1. The second kappa shape index (κ2) is 7.49. The van der Waals surface area contributed by atoms with Crippen molar-refractivity contribution in [3.8, 4) is 5.75 Å². The summed E-state index contributed by atoms with van der Waals surface area (Å²) in [4.78, 5) is 12.5. The Morgan fingerprint density at radius 2 is 2.13 bits per heavy atom. The van der Waals surface area contributed by atoms with Crippen LogP contribution in [0.5, 0.6) is 5.75 Å². The van der Waals surface area contributed by atoms with Gasteiger partial charge in [-0.15, -0.1) is 0 Å². The molecule has 1 amide bonds. The Kier molecular flexibility index (Phi) is 5.16. The number of para-hydroxylation sites is 1. The number of anilines is 1. The molecule has 1 aliphatic heterocycles. The van der Waals surface area contributed by atoms with E-state index in [2.05, 4.69) is 5.32 Å². The molecule has 120 valence electrons. The molecule has 3 rings (SSSR count). The topological polar surface area (TPSA) is 47.6 Å². The minimum atomic E-state index is -0.227. The highest BCUT2D eigenvalue weighted by atomic mass is 35.5. The number of hydrogen-bond acceptors (Lipinski definition) is 3. The first kappa shape index (κ1) is 15.8. The molecular weight excluding hydrogens is 314 g/mol. The number of halogens is 1. The summed E-state index contributed by atoms with van der Waals surface area (Å²) in [5.74, 6) is 0.331. The van der Waals surface area contributed by atoms with E-state index in [0.29, 0.717) is 28.6 Å². The first-order valence-corrected chi connectivity index (χ1v) is 8.00. The van der Waals surface area contributed by atoms with Gasteiger partial charge in [-0.25, -0.2) is 0 Å². The molecule has 0 aliphatic carbocycles. The maximum Gasteiger partial charge on any atom is 0.259 e. The van der Waals surface area contributed by atoms with Crippen LogP contribution in [0.15, 0.2) is 48.5 Å². The number of rotatable bonds is 5. The van der Waals surface area contributed by atoms with Crippen LogP contribution in [0.1, 0.15) is 23.2 Å². The van der Waals surface area contributed by atoms with Gasteiger partial charge in [-0.05, 0) is 43.2 Å². The molecule has 1 heterocycles. The Balaban J connectivity index is 1.69. The van der Waals surface area contributed by atoms with Gasteiger partial charge in [-0.2, -0.15) is 0 Å². The molecule has 0 spiro atoms. The van der Waals surface area contributed by atoms with Crippen molar-refractivity contribution in [3.63, 3.8) is 0 Å². The number of amides is 1. The van der Waals surface area contributed by atoms with E-state index in [1.165, 1.54) is 0 Å². The summed E-state index contributed by atoms with van der Waals surface area (Å²) in [5, 5.41) is 3.41. The summed E-state index contributed by atoms with van der Waals surface area (Å²) in [7, 11) is 0. The largest absolute Gasteiger partial charge is 0.490 e. The third-order valence-corrected chi connectivity index (χ3v) is 3.90. The van der Waals surface area contributed by atoms with Crippen LogP contribution in [0, 0.1) is 0 Å². The van der Waals surface area contributed by atoms with E-state index in [1.54, 1.807) is 36.4 Å². The van der Waals surface area contributed by atoms with E-state index in [0.717, 1.165) is 19.4 Å². The fourth-order valence-electron chi connectivity index (χ4n) is 2.50. The highest BCUT2D eigenvalue weighted by Gasteiger charge is 2.18. The number of carbonyl (C=O) groups excluding carboxylic acids is 1. The smallest absolute Gasteiger partial charge is 0.259 e. The summed E-state index contributed by atoms with van der Waals surface area (Å²) in [6.45, 7) is 1.24. The minimum Gasteiger partial charge on any atom is -0.490 e. The molecule has 2 aromatic carbocycles. The zero-order valence-corrected chi connectivity index (χ0v) is 13.4. The van der Waals surface area contributed by atoms with Crippen LogP contribution in [0.4, 0.5) is 5.69 Å². The predicted octanol–water partition coefficient (Wildman–Crippen LogP) is 4.15. The van der Waals surface area contributed by atoms with E-state index in [-0.39, 0.29) is 12.0 Å². The summed E-state index contributed by atoms with van der Waals surface area (Å²) < 4.78 is 11.3. The Morgan fingerprint density at radius 3 is 2.91 bits per heavy atom. The summed E-state index contributed by atoms with van der Waals surface area (Å²) >= 11 is 5.94. The number of nitrogens with one attached hydrogen (secondary N) is 1. The molecule has 2 aromatic rings. The molecule has 23 heavy (non-hydrogen) atoms. The third kappa shape index (κ3) is 4.24. The highest BCUT2D eigenvalue weighted by molar-refractivity contribution is 6.31. The molecule has 0 saturated carbocycles. The second-order valence-electron chi connectivity index (χ2n) is 5.41. The molecule has 5 heteroatoms. The van der Waals surface area contributed by atoms with Gasteiger partial charge in [0, 0.05) is 17.3 Å². The monoisotopic (exact) mass is 331 g/mol. The highest BCUT2D eigenvalue weighted by Crippen LogP contribution is 2.22. The summed E-state index contributed by atoms with van der Waals surface area (Å²) in [6, 6.07) is 14.2. The Bertz CT molecular complexity index is 683. The van der Waals surface area contributed by atoms with Gasteiger partial charge in [-0.3, -0.25) is 4.79 Å². The van der Waals surface area contributed by atoms with Gasteiger partial charge in [0.25, 0.3) is 5.91 Å². The Morgan fingerprint density at radius 1 is 1.26 bits per heavy atom. The number of ether oxygens (including phenoxy) is 2. The predicted molar refractivity (Wildman–Crippen MR) is 90.3 cm³/mol. The van der Waals surface area contributed by atoms with Gasteiger partial charge in [0.05, 0.1) is 11.7 Å². The van der Waals surface area contributed by atoms with Crippen molar-refractivity contribution in [2.75, 3.05) is 18.5 Å². The van der Waals surface area contributed by atoms with Gasteiger partial charge < -0.3 is 14.8 Å². The van der Waals surface area contributed by atoms with E-state index in [9.17, 15) is 4.79 Å². The van der Waals surface area contributed by atoms with Crippen LogP contribution < -0.4 is 10.1 Å². The van der Waals surface area contributed by atoms with Crippen LogP contribution in [0.3, 0.4) is 0 Å². The Hall–Kier alpha value is -2.04. The van der Waals surface area contributed by atoms with Crippen LogP contribution >= 0.6 is 11.6 Å². The van der Waals surface area contributed by atoms with Crippen molar-refractivity contribution < 1.29 is 14.3 Å². The SMILES string of the molecule is O=C(Nc1cccc(Cl)c1)c1ccccc1OCC1CCCO1. The van der Waals surface area contributed by atoms with Gasteiger partial charge in [-0.1, -0.05) is 29.8 Å². The van der Waals surface area contributed by atoms with Crippen molar-refractivity contribution in [1.82, 2.24) is 0 Å². The fraction of sp³-hybridized carbons (Fsp3) is 0.278. The van der Waals surface area contributed by atoms with Crippen LogP contribution in [-0.2, 0) is 4.74 Å². The molecular formula is C18H18ClNO3. The lowest BCUT2D eigenvalue weighted by Crippen LogP contribution is -2.19. The summed E-state index contributed by atoms with van der Waals surface area (Å²) in [5.41, 5.74) is 1.14. The Labute approximate surface area is 140 Å². The molecule has 1 atom stereocenters. The average Bonchev–Trinajstić information content (AvgIpc) is 3.06. The second-order valence-corrected chi connectivity index (χ2v) is 5.84. The fourth-order valence-corrected chi connectivity index (χ4v) is 2.69. The molecule has 0 bridgehead atoms. The van der Waals surface area contributed by atoms with Crippen molar-refractivity contribution in [2.45, 2.75) is 18.9 Å². The molecule has 1 aliphatic rings. The lowest BCUT2D eigenvalue weighted by Gasteiger charge is -2.14. The van der Waals surface area contributed by atoms with Gasteiger partial charge >= 0.3 is 0 Å². The van der Waals surface area contributed by atoms with Crippen LogP contribution in [0.25, 0.3) is 0 Å². The molecule has 0 radical (unpaired) electrons. The van der Waals surface area contributed by atoms with E-state index < -0.39 is 0 Å². The van der Waals surface area contributed by atoms with Crippen molar-refractivity contribution >= 4 is 23.2 Å². The lowest BCUT2D eigenvalue weighted by atomic mass is 10.1. The molecule has 1 N–H and O–H groups in total. The number of carbonyl (C=O) groups is 1. The maximum absolute atomic E-state index is 12.5. The van der Waals surface area contributed by atoms with E-state index in [1.807, 2.05) is 12.1 Å². The van der Waals surface area contributed by atoms with Crippen molar-refractivity contribution in [3.05, 3.63) is 59.1 Å². The molecule has 1 fully saturated rings. The molecule has 1 saturated heterocycles. The van der Waals surface area contributed by atoms with E-state index >= 15 is 0 Å². The standard InChI is InChI=1S/C18H18ClNO3/c19-13-5-3-6-14(11-13)20-18(21)16-8-1-2-9-17(16)23-12-15-7-4-10-22-15/h1-3,5-6,8-9,11,15H,4,7,10,12H2,(H,20,21). The molecule has 1 unspecified atom stereocenters. The number of hydrogen-bond donors (Lipinski definition) is 1. The van der Waals surface area contributed by atoms with Crippen LogP contribution in [-0.4, -0.2) is 25.2 Å². The van der Waals surface area contributed by atoms with Gasteiger partial charge in [0.2, 0.25) is 0 Å². The molecule has 0 aromatic heterocycles. The minimum absolute atomic E-state index is 0.110. The summed E-state index contributed by atoms with van der Waals surface area (Å²) in [6.07, 6.45) is 2.17. The maximum atomic E-state index is 12.5. The first-order chi connectivity index (χ1) is 11.2. The van der Waals surface area contributed by atoms with Gasteiger partial charge in [0.1, 0.15) is 12.4 Å². The van der Waals surface area contributed by atoms with Crippen molar-refractivity contribution in [1.29, 1.82) is 0 Å². The quantitative estimate of drug-likeness (QED) is 0.895. The van der Waals surface area contributed by atoms with Gasteiger partial charge in [0.15, 0.2) is 0 Å². The first-order valence-electron chi connectivity index (χ1n) is 7.63. The van der Waals surface area contributed by atoms with Crippen molar-refractivity contribution in [2.24, 2.45) is 0 Å². The van der Waals surface area contributed by atoms with E-state index in [4.69, 9.17) is 21.1 Å². The molecule has 4 nitrogen and oxygen atoms in total. The lowest BCUT2D eigenvalue weighted by molar-refractivity contribution is 0.0673. The van der Waals surface area contributed by atoms with Crippen LogP contribution in [0.2, 0.25) is 5.02 Å². The average molecular weight is 332 g/mol. The number of benzene rings is 2. The normalized spacial score (nSPS) is 17.0. The third-order valence-electron chi connectivity index (χ3n) is 3.66. The zero-order valence-electron chi connectivity index (χ0n) is 12.6.